The monoisotopic (exact) mass is 406 g/mol. The molecule has 0 saturated carbocycles. The summed E-state index contributed by atoms with van der Waals surface area (Å²) in [5.74, 6) is 1.28. The van der Waals surface area contributed by atoms with Crippen LogP contribution in [0, 0.1) is 0 Å². The van der Waals surface area contributed by atoms with E-state index in [1.54, 1.807) is 6.20 Å². The van der Waals surface area contributed by atoms with Crippen LogP contribution in [0.5, 0.6) is 5.88 Å². The number of hydrogen-bond acceptors (Lipinski definition) is 6. The molecule has 1 aromatic carbocycles. The van der Waals surface area contributed by atoms with Crippen LogP contribution in [0.1, 0.15) is 44.6 Å². The molecule has 1 amide bonds. The van der Waals surface area contributed by atoms with Crippen LogP contribution in [0.4, 0.5) is 17.5 Å². The maximum absolute atomic E-state index is 11.9. The summed E-state index contributed by atoms with van der Waals surface area (Å²) in [6.45, 7) is 5.11. The van der Waals surface area contributed by atoms with Crippen LogP contribution in [-0.4, -0.2) is 44.6 Å². The lowest BCUT2D eigenvalue weighted by atomic mass is 9.97. The molecule has 2 fully saturated rings. The molecule has 4 heterocycles. The van der Waals surface area contributed by atoms with Gasteiger partial charge < -0.3 is 25.6 Å². The summed E-state index contributed by atoms with van der Waals surface area (Å²) < 4.78 is 0. The van der Waals surface area contributed by atoms with Crippen molar-refractivity contribution < 1.29 is 9.90 Å². The fourth-order valence-corrected chi connectivity index (χ4v) is 4.66. The number of aromatic nitrogens is 3. The van der Waals surface area contributed by atoms with Crippen molar-refractivity contribution in [3.05, 3.63) is 36.0 Å². The summed E-state index contributed by atoms with van der Waals surface area (Å²) in [6.07, 6.45) is 4.75. The first-order chi connectivity index (χ1) is 14.5. The third kappa shape index (κ3) is 3.12. The molecule has 3 aromatic rings. The van der Waals surface area contributed by atoms with Gasteiger partial charge in [-0.1, -0.05) is 12.1 Å². The molecule has 8 heteroatoms. The van der Waals surface area contributed by atoms with E-state index >= 15 is 0 Å². The number of carbonyl (C=O) groups is 1. The third-order valence-electron chi connectivity index (χ3n) is 6.32. The highest BCUT2D eigenvalue weighted by molar-refractivity contribution is 5.96. The Morgan fingerprint density at radius 3 is 2.50 bits per heavy atom. The number of anilines is 3. The molecule has 2 aromatic heterocycles. The van der Waals surface area contributed by atoms with Gasteiger partial charge in [0.1, 0.15) is 11.2 Å². The molecular formula is C22H26N6O2. The van der Waals surface area contributed by atoms with Crippen molar-refractivity contribution in [3.8, 4) is 5.88 Å². The van der Waals surface area contributed by atoms with E-state index in [1.807, 2.05) is 24.3 Å². The van der Waals surface area contributed by atoms with Crippen molar-refractivity contribution in [3.63, 3.8) is 0 Å². The van der Waals surface area contributed by atoms with Crippen LogP contribution >= 0.6 is 0 Å². The zero-order valence-electron chi connectivity index (χ0n) is 17.1. The molecule has 5 rings (SSSR count). The second kappa shape index (κ2) is 7.19. The molecule has 2 aliphatic heterocycles. The van der Waals surface area contributed by atoms with Gasteiger partial charge in [-0.3, -0.25) is 4.79 Å². The fourth-order valence-electron chi connectivity index (χ4n) is 4.66. The predicted octanol–water partition coefficient (Wildman–Crippen LogP) is 3.39. The number of benzene rings is 1. The quantitative estimate of drug-likeness (QED) is 0.529. The minimum atomic E-state index is -0.0803. The summed E-state index contributed by atoms with van der Waals surface area (Å²) in [7, 11) is 0. The van der Waals surface area contributed by atoms with Crippen molar-refractivity contribution in [1.29, 1.82) is 0 Å². The maximum Gasteiger partial charge on any atom is 0.228 e. The standard InChI is InChI=1S/C22H26N6O2/c1-12-3-4-13(2)28(12)22-26-17-11-24-21(30)18(17)19(27-22)25-15-7-5-14(6-8-15)16-9-10-23-20(16)29/h5-8,11-13,16,24,30H,3-4,9-10H2,1-2H3,(H,23,29)(H,25,26,27). The molecule has 2 aliphatic rings. The zero-order valence-corrected chi connectivity index (χ0v) is 17.1. The molecular weight excluding hydrogens is 380 g/mol. The van der Waals surface area contributed by atoms with Gasteiger partial charge in [0.25, 0.3) is 0 Å². The molecule has 0 spiro atoms. The Bertz CT molecular complexity index is 1080. The SMILES string of the molecule is CC1CCC(C)N1c1nc(Nc2ccc(C3CCNC3=O)cc2)c2c(O)[nH]cc2n1. The average Bonchev–Trinajstić information content (AvgIpc) is 3.42. The van der Waals surface area contributed by atoms with Gasteiger partial charge in [0.15, 0.2) is 0 Å². The molecule has 0 radical (unpaired) electrons. The van der Waals surface area contributed by atoms with E-state index in [2.05, 4.69) is 34.4 Å². The Morgan fingerprint density at radius 1 is 1.10 bits per heavy atom. The Kier molecular flexibility index (Phi) is 4.49. The van der Waals surface area contributed by atoms with Gasteiger partial charge in [0, 0.05) is 30.5 Å². The van der Waals surface area contributed by atoms with Crippen LogP contribution in [0.2, 0.25) is 0 Å². The first-order valence-electron chi connectivity index (χ1n) is 10.5. The molecule has 30 heavy (non-hydrogen) atoms. The first kappa shape index (κ1) is 18.7. The fraction of sp³-hybridized carbons (Fsp3) is 0.409. The second-order valence-electron chi connectivity index (χ2n) is 8.33. The van der Waals surface area contributed by atoms with Gasteiger partial charge in [-0.15, -0.1) is 0 Å². The summed E-state index contributed by atoms with van der Waals surface area (Å²) in [4.78, 5) is 26.5. The van der Waals surface area contributed by atoms with Gasteiger partial charge in [-0.25, -0.2) is 4.98 Å². The van der Waals surface area contributed by atoms with Crippen LogP contribution in [0.3, 0.4) is 0 Å². The van der Waals surface area contributed by atoms with E-state index in [0.29, 0.717) is 34.8 Å². The van der Waals surface area contributed by atoms with E-state index in [4.69, 9.17) is 9.97 Å². The van der Waals surface area contributed by atoms with E-state index in [1.165, 1.54) is 0 Å². The van der Waals surface area contributed by atoms with Crippen LogP contribution in [-0.2, 0) is 4.79 Å². The normalized spacial score (nSPS) is 23.9. The molecule has 3 unspecified atom stereocenters. The Morgan fingerprint density at radius 2 is 1.83 bits per heavy atom. The van der Waals surface area contributed by atoms with Crippen LogP contribution < -0.4 is 15.5 Å². The van der Waals surface area contributed by atoms with Gasteiger partial charge in [0.2, 0.25) is 17.7 Å². The van der Waals surface area contributed by atoms with Crippen molar-refractivity contribution in [2.45, 2.75) is 51.1 Å². The number of aromatic amines is 1. The highest BCUT2D eigenvalue weighted by atomic mass is 16.3. The number of rotatable bonds is 4. The number of nitrogens with zero attached hydrogens (tertiary/aromatic N) is 3. The van der Waals surface area contributed by atoms with Crippen molar-refractivity contribution in [2.24, 2.45) is 0 Å². The minimum absolute atomic E-state index is 0.0424. The summed E-state index contributed by atoms with van der Waals surface area (Å²) in [5, 5.41) is 17.1. The Hall–Kier alpha value is -3.29. The molecule has 3 atom stereocenters. The first-order valence-corrected chi connectivity index (χ1v) is 10.5. The lowest BCUT2D eigenvalue weighted by molar-refractivity contribution is -0.120. The number of aromatic hydroxyl groups is 1. The molecule has 4 N–H and O–H groups in total. The number of hydrogen-bond donors (Lipinski definition) is 4. The lowest BCUT2D eigenvalue weighted by Gasteiger charge is -2.26. The van der Waals surface area contributed by atoms with Crippen molar-refractivity contribution in [1.82, 2.24) is 20.3 Å². The number of nitrogens with one attached hydrogen (secondary N) is 3. The van der Waals surface area contributed by atoms with E-state index < -0.39 is 0 Å². The zero-order chi connectivity index (χ0) is 20.8. The maximum atomic E-state index is 11.9. The Balaban J connectivity index is 1.49. The predicted molar refractivity (Wildman–Crippen MR) is 116 cm³/mol. The second-order valence-corrected chi connectivity index (χ2v) is 8.33. The van der Waals surface area contributed by atoms with Gasteiger partial charge >= 0.3 is 0 Å². The summed E-state index contributed by atoms with van der Waals surface area (Å²) >= 11 is 0. The van der Waals surface area contributed by atoms with Crippen molar-refractivity contribution >= 4 is 34.3 Å². The van der Waals surface area contributed by atoms with E-state index in [0.717, 1.165) is 37.1 Å². The number of H-pyrrole nitrogens is 1. The highest BCUT2D eigenvalue weighted by Crippen LogP contribution is 2.35. The smallest absolute Gasteiger partial charge is 0.228 e. The van der Waals surface area contributed by atoms with Crippen LogP contribution in [0.25, 0.3) is 10.9 Å². The summed E-state index contributed by atoms with van der Waals surface area (Å²) in [5.41, 5.74) is 2.52. The largest absolute Gasteiger partial charge is 0.494 e. The minimum Gasteiger partial charge on any atom is -0.494 e. The van der Waals surface area contributed by atoms with Gasteiger partial charge in [-0.05, 0) is 50.8 Å². The average molecular weight is 406 g/mol. The number of amides is 1. The van der Waals surface area contributed by atoms with Gasteiger partial charge in [-0.2, -0.15) is 4.98 Å². The van der Waals surface area contributed by atoms with E-state index in [-0.39, 0.29) is 17.7 Å². The van der Waals surface area contributed by atoms with Crippen molar-refractivity contribution in [2.75, 3.05) is 16.8 Å². The lowest BCUT2D eigenvalue weighted by Crippen LogP contribution is -2.34. The number of carbonyl (C=O) groups excluding carboxylic acids is 1. The molecule has 156 valence electrons. The molecule has 8 nitrogen and oxygen atoms in total. The Labute approximate surface area is 174 Å². The van der Waals surface area contributed by atoms with Gasteiger partial charge in [0.05, 0.1) is 11.4 Å². The van der Waals surface area contributed by atoms with Crippen LogP contribution in [0.15, 0.2) is 30.5 Å². The summed E-state index contributed by atoms with van der Waals surface area (Å²) in [6, 6.07) is 8.57. The molecule has 2 saturated heterocycles. The number of fused-ring (bicyclic) bond motifs is 1. The molecule has 0 aliphatic carbocycles. The molecule has 0 bridgehead atoms. The third-order valence-corrected chi connectivity index (χ3v) is 6.32. The highest BCUT2D eigenvalue weighted by Gasteiger charge is 2.30. The van der Waals surface area contributed by atoms with E-state index in [9.17, 15) is 9.90 Å². The topological polar surface area (TPSA) is 106 Å².